The minimum atomic E-state index is 0.894. The van der Waals surface area contributed by atoms with Crippen LogP contribution in [0.2, 0.25) is 0 Å². The topological polar surface area (TPSA) is 43.1 Å². The van der Waals surface area contributed by atoms with Crippen LogP contribution in [-0.2, 0) is 18.6 Å². The molecule has 4 nitrogen and oxygen atoms in total. The molecule has 1 aromatic carbocycles. The zero-order chi connectivity index (χ0) is 17.5. The molecule has 0 N–H and O–H groups in total. The van der Waals surface area contributed by atoms with E-state index in [9.17, 15) is 0 Å². The van der Waals surface area contributed by atoms with Crippen LogP contribution < -0.4 is 0 Å². The van der Waals surface area contributed by atoms with E-state index in [0.29, 0.717) is 0 Å². The third-order valence-corrected chi connectivity index (χ3v) is 7.62. The van der Waals surface area contributed by atoms with Crippen LogP contribution in [0.3, 0.4) is 0 Å². The monoisotopic (exact) mass is 398 g/mol. The average Bonchev–Trinajstić information content (AvgIpc) is 3.27. The Bertz CT molecular complexity index is 1080. The van der Waals surface area contributed by atoms with Gasteiger partial charge in [-0.3, -0.25) is 0 Å². The summed E-state index contributed by atoms with van der Waals surface area (Å²) in [6.45, 7) is 0. The van der Waals surface area contributed by atoms with Crippen molar-refractivity contribution in [3.63, 3.8) is 0 Å². The normalized spacial score (nSPS) is 14.2. The van der Waals surface area contributed by atoms with Gasteiger partial charge in [0.1, 0.15) is 4.83 Å². The van der Waals surface area contributed by atoms with Gasteiger partial charge in [0.15, 0.2) is 16.0 Å². The maximum atomic E-state index is 5.06. The molecule has 0 spiro atoms. The quantitative estimate of drug-likeness (QED) is 0.348. The van der Waals surface area contributed by atoms with Crippen LogP contribution in [0.25, 0.3) is 15.9 Å². The number of rotatable bonds is 4. The maximum absolute atomic E-state index is 5.06. The van der Waals surface area contributed by atoms with Crippen LogP contribution in [0.1, 0.15) is 28.8 Å². The van der Waals surface area contributed by atoms with E-state index in [2.05, 4.69) is 51.2 Å². The van der Waals surface area contributed by atoms with Crippen molar-refractivity contribution >= 4 is 50.7 Å². The fourth-order valence-electron chi connectivity index (χ4n) is 3.55. The first-order valence-corrected chi connectivity index (χ1v) is 11.8. The Balaban J connectivity index is 1.67. The van der Waals surface area contributed by atoms with Crippen molar-refractivity contribution in [3.8, 4) is 0 Å². The van der Waals surface area contributed by atoms with Crippen molar-refractivity contribution in [1.82, 2.24) is 19.6 Å². The number of aromatic nitrogens is 4. The van der Waals surface area contributed by atoms with Crippen LogP contribution in [0, 0.1) is 0 Å². The predicted molar refractivity (Wildman–Crippen MR) is 111 cm³/mol. The van der Waals surface area contributed by atoms with E-state index in [4.69, 9.17) is 4.98 Å². The molecule has 0 saturated heterocycles. The molecule has 0 atom stereocenters. The molecule has 0 fully saturated rings. The Labute approximate surface area is 164 Å². The molecule has 0 aliphatic heterocycles. The fourth-order valence-corrected chi connectivity index (χ4v) is 6.35. The summed E-state index contributed by atoms with van der Waals surface area (Å²) in [5.74, 6) is 0.894. The molecule has 0 unspecified atom stereocenters. The molecule has 5 rings (SSSR count). The lowest BCUT2D eigenvalue weighted by Gasteiger charge is -2.11. The van der Waals surface area contributed by atoms with E-state index >= 15 is 0 Å². The Morgan fingerprint density at radius 1 is 1.08 bits per heavy atom. The molecule has 0 bridgehead atoms. The molecule has 1 aliphatic carbocycles. The largest absolute Gasteiger partial charge is 0.248 e. The van der Waals surface area contributed by atoms with Crippen molar-refractivity contribution in [3.05, 3.63) is 46.3 Å². The molecular formula is C19H18N4S3. The molecule has 0 amide bonds. The van der Waals surface area contributed by atoms with Gasteiger partial charge in [-0.1, -0.05) is 53.9 Å². The van der Waals surface area contributed by atoms with E-state index in [1.807, 2.05) is 11.3 Å². The van der Waals surface area contributed by atoms with E-state index in [1.54, 1.807) is 23.5 Å². The highest BCUT2D eigenvalue weighted by molar-refractivity contribution is 7.99. The van der Waals surface area contributed by atoms with Gasteiger partial charge in [0.25, 0.3) is 0 Å². The van der Waals surface area contributed by atoms with E-state index in [1.165, 1.54) is 40.7 Å². The summed E-state index contributed by atoms with van der Waals surface area (Å²) in [6, 6.07) is 10.5. The van der Waals surface area contributed by atoms with Crippen molar-refractivity contribution in [2.75, 3.05) is 6.26 Å². The van der Waals surface area contributed by atoms with Crippen LogP contribution in [0.4, 0.5) is 0 Å². The van der Waals surface area contributed by atoms with E-state index in [0.717, 1.165) is 33.0 Å². The van der Waals surface area contributed by atoms with Gasteiger partial charge in [-0.15, -0.1) is 21.5 Å². The second-order valence-electron chi connectivity index (χ2n) is 6.41. The second-order valence-corrected chi connectivity index (χ2v) is 9.20. The molecule has 0 saturated carbocycles. The Hall–Kier alpha value is -1.57. The second kappa shape index (κ2) is 6.87. The molecular weight excluding hydrogens is 380 g/mol. The van der Waals surface area contributed by atoms with Crippen LogP contribution >= 0.6 is 34.9 Å². The maximum Gasteiger partial charge on any atom is 0.197 e. The number of hydrogen-bond donors (Lipinski definition) is 0. The lowest BCUT2D eigenvalue weighted by molar-refractivity contribution is 0.700. The molecule has 4 aromatic rings. The molecule has 0 radical (unpaired) electrons. The van der Waals surface area contributed by atoms with Crippen molar-refractivity contribution in [2.45, 2.75) is 41.7 Å². The van der Waals surface area contributed by atoms with Gasteiger partial charge in [-0.2, -0.15) is 0 Å². The highest BCUT2D eigenvalue weighted by Crippen LogP contribution is 2.39. The smallest absolute Gasteiger partial charge is 0.197 e. The number of fused-ring (bicyclic) bond motifs is 5. The van der Waals surface area contributed by atoms with Crippen molar-refractivity contribution < 1.29 is 0 Å². The average molecular weight is 399 g/mol. The minimum absolute atomic E-state index is 0.894. The first-order valence-electron chi connectivity index (χ1n) is 8.75. The molecule has 3 aromatic heterocycles. The fraction of sp³-hybridized carbons (Fsp3) is 0.316. The summed E-state index contributed by atoms with van der Waals surface area (Å²) in [5, 5.41) is 12.1. The third-order valence-electron chi connectivity index (χ3n) is 4.79. The molecule has 3 heterocycles. The molecule has 132 valence electrons. The van der Waals surface area contributed by atoms with Crippen LogP contribution in [0.5, 0.6) is 0 Å². The summed E-state index contributed by atoms with van der Waals surface area (Å²) >= 11 is 5.25. The predicted octanol–water partition coefficient (Wildman–Crippen LogP) is 5.23. The third kappa shape index (κ3) is 2.73. The highest BCUT2D eigenvalue weighted by Gasteiger charge is 2.23. The summed E-state index contributed by atoms with van der Waals surface area (Å²) in [7, 11) is 0. The number of thioether (sulfide) groups is 2. The minimum Gasteiger partial charge on any atom is -0.248 e. The van der Waals surface area contributed by atoms with Gasteiger partial charge < -0.3 is 0 Å². The lowest BCUT2D eigenvalue weighted by atomic mass is 9.97. The Morgan fingerprint density at radius 2 is 1.92 bits per heavy atom. The summed E-state index contributed by atoms with van der Waals surface area (Å²) < 4.78 is 2.15. The van der Waals surface area contributed by atoms with E-state index < -0.39 is 0 Å². The Kier molecular flexibility index (Phi) is 4.38. The SMILES string of the molecule is CSc1nnc2c3c4c(sc3nc(SCc3ccccc3)n12)CCCC4. The molecule has 26 heavy (non-hydrogen) atoms. The van der Waals surface area contributed by atoms with Gasteiger partial charge in [-0.25, -0.2) is 9.38 Å². The standard InChI is InChI=1S/C19H18N4S3/c1-24-19-22-21-16-15-13-9-5-6-10-14(13)26-17(15)20-18(23(16)19)25-11-12-7-3-2-4-8-12/h2-4,7-8H,5-6,9-11H2,1H3. The van der Waals surface area contributed by atoms with Crippen molar-refractivity contribution in [2.24, 2.45) is 0 Å². The summed E-state index contributed by atoms with van der Waals surface area (Å²) in [5.41, 5.74) is 3.75. The number of nitrogens with zero attached hydrogens (tertiary/aromatic N) is 4. The summed E-state index contributed by atoms with van der Waals surface area (Å²) in [4.78, 5) is 7.68. The number of aryl methyl sites for hydroxylation is 2. The van der Waals surface area contributed by atoms with Crippen LogP contribution in [0.15, 0.2) is 40.6 Å². The highest BCUT2D eigenvalue weighted by atomic mass is 32.2. The van der Waals surface area contributed by atoms with E-state index in [-0.39, 0.29) is 0 Å². The number of thiophene rings is 1. The molecule has 7 heteroatoms. The molecule has 1 aliphatic rings. The Morgan fingerprint density at radius 3 is 2.77 bits per heavy atom. The van der Waals surface area contributed by atoms with Crippen LogP contribution in [-0.4, -0.2) is 25.8 Å². The lowest BCUT2D eigenvalue weighted by Crippen LogP contribution is -2.01. The van der Waals surface area contributed by atoms with Gasteiger partial charge >= 0.3 is 0 Å². The van der Waals surface area contributed by atoms with Gasteiger partial charge in [0, 0.05) is 10.6 Å². The van der Waals surface area contributed by atoms with Gasteiger partial charge in [0.05, 0.1) is 5.39 Å². The first-order chi connectivity index (χ1) is 12.8. The first kappa shape index (κ1) is 16.6. The number of benzene rings is 1. The zero-order valence-electron chi connectivity index (χ0n) is 14.4. The summed E-state index contributed by atoms with van der Waals surface area (Å²) in [6.07, 6.45) is 6.92. The zero-order valence-corrected chi connectivity index (χ0v) is 16.9. The van der Waals surface area contributed by atoms with Gasteiger partial charge in [-0.05, 0) is 43.1 Å². The van der Waals surface area contributed by atoms with Gasteiger partial charge in [0.2, 0.25) is 0 Å². The van der Waals surface area contributed by atoms with Crippen molar-refractivity contribution in [1.29, 1.82) is 0 Å². The number of hydrogen-bond acceptors (Lipinski definition) is 6.